The summed E-state index contributed by atoms with van der Waals surface area (Å²) in [5, 5.41) is 2.24. The molecule has 0 unspecified atom stereocenters. The number of benzene rings is 3. The van der Waals surface area contributed by atoms with Crippen molar-refractivity contribution in [3.05, 3.63) is 93.1 Å². The Balaban J connectivity index is 1.55. The zero-order valence-electron chi connectivity index (χ0n) is 18.3. The Morgan fingerprint density at radius 2 is 1.65 bits per heavy atom. The highest BCUT2D eigenvalue weighted by atomic mass is 127. The Kier molecular flexibility index (Phi) is 7.27. The van der Waals surface area contributed by atoms with Crippen molar-refractivity contribution >= 4 is 52.2 Å². The quantitative estimate of drug-likeness (QED) is 0.248. The molecule has 1 saturated heterocycles. The summed E-state index contributed by atoms with van der Waals surface area (Å²) in [5.41, 5.74) is 1.82. The summed E-state index contributed by atoms with van der Waals surface area (Å²) in [5.74, 6) is -0.232. The molecular formula is C26H21IN2O5. The molecule has 1 N–H and O–H groups in total. The summed E-state index contributed by atoms with van der Waals surface area (Å²) in [6, 6.07) is 20.9. The number of amides is 4. The third-order valence-electron chi connectivity index (χ3n) is 4.96. The van der Waals surface area contributed by atoms with E-state index in [1.165, 1.54) is 6.08 Å². The number of nitrogens with one attached hydrogen (secondary N) is 1. The van der Waals surface area contributed by atoms with Crippen molar-refractivity contribution in [2.75, 3.05) is 11.5 Å². The predicted octanol–water partition coefficient (Wildman–Crippen LogP) is 4.94. The Labute approximate surface area is 210 Å². The van der Waals surface area contributed by atoms with Gasteiger partial charge >= 0.3 is 6.03 Å². The van der Waals surface area contributed by atoms with Gasteiger partial charge in [-0.25, -0.2) is 9.69 Å². The molecule has 4 rings (SSSR count). The van der Waals surface area contributed by atoms with Gasteiger partial charge in [-0.1, -0.05) is 30.3 Å². The van der Waals surface area contributed by atoms with Crippen molar-refractivity contribution in [2.45, 2.75) is 13.5 Å². The fourth-order valence-electron chi connectivity index (χ4n) is 3.41. The first-order chi connectivity index (χ1) is 16.4. The third kappa shape index (κ3) is 5.45. The highest BCUT2D eigenvalue weighted by Gasteiger charge is 2.36. The first-order valence-electron chi connectivity index (χ1n) is 10.6. The molecular weight excluding hydrogens is 547 g/mol. The zero-order valence-corrected chi connectivity index (χ0v) is 20.4. The molecule has 172 valence electrons. The van der Waals surface area contributed by atoms with Gasteiger partial charge in [0, 0.05) is 3.57 Å². The van der Waals surface area contributed by atoms with E-state index in [-0.39, 0.29) is 5.57 Å². The molecule has 34 heavy (non-hydrogen) atoms. The van der Waals surface area contributed by atoms with Crippen LogP contribution < -0.4 is 19.7 Å². The maximum atomic E-state index is 13.2. The van der Waals surface area contributed by atoms with E-state index >= 15 is 0 Å². The lowest BCUT2D eigenvalue weighted by molar-refractivity contribution is -0.122. The summed E-state index contributed by atoms with van der Waals surface area (Å²) in [6.07, 6.45) is 1.46. The second-order valence-electron chi connectivity index (χ2n) is 7.38. The highest BCUT2D eigenvalue weighted by Crippen LogP contribution is 2.26. The smallest absolute Gasteiger partial charge is 0.335 e. The summed E-state index contributed by atoms with van der Waals surface area (Å²) >= 11 is 2.13. The third-order valence-corrected chi connectivity index (χ3v) is 5.58. The molecule has 1 aliphatic heterocycles. The molecule has 0 spiro atoms. The van der Waals surface area contributed by atoms with E-state index in [1.54, 1.807) is 30.3 Å². The van der Waals surface area contributed by atoms with E-state index in [0.29, 0.717) is 36.0 Å². The van der Waals surface area contributed by atoms with Crippen molar-refractivity contribution in [3.63, 3.8) is 0 Å². The molecule has 3 aromatic carbocycles. The summed E-state index contributed by atoms with van der Waals surface area (Å²) in [7, 11) is 0. The molecule has 0 aromatic heterocycles. The number of carbonyl (C=O) groups is 3. The van der Waals surface area contributed by atoms with Crippen molar-refractivity contribution in [2.24, 2.45) is 0 Å². The average molecular weight is 568 g/mol. The SMILES string of the molecule is CCOc1cc(I)cc(/C=C2\C(=O)NC(=O)N(c3ccc(OCc4ccccc4)cc3)C2=O)c1. The van der Waals surface area contributed by atoms with Crippen LogP contribution in [-0.4, -0.2) is 24.5 Å². The Hall–Kier alpha value is -3.66. The molecule has 0 bridgehead atoms. The van der Waals surface area contributed by atoms with Crippen LogP contribution in [0.3, 0.4) is 0 Å². The number of hydrogen-bond acceptors (Lipinski definition) is 5. The van der Waals surface area contributed by atoms with E-state index in [2.05, 4.69) is 27.9 Å². The number of hydrogen-bond donors (Lipinski definition) is 1. The molecule has 1 fully saturated rings. The average Bonchev–Trinajstić information content (AvgIpc) is 2.82. The van der Waals surface area contributed by atoms with Crippen LogP contribution in [0.15, 0.2) is 78.4 Å². The molecule has 0 aliphatic carbocycles. The molecule has 8 heteroatoms. The standard InChI is InChI=1S/C26H21IN2O5/c1-2-33-22-13-18(12-19(27)15-22)14-23-24(30)28-26(32)29(25(23)31)20-8-10-21(11-9-20)34-16-17-6-4-3-5-7-17/h3-15H,2,16H2,1H3,(H,28,30,32)/b23-14+. The minimum Gasteiger partial charge on any atom is -0.494 e. The summed E-state index contributed by atoms with van der Waals surface area (Å²) < 4.78 is 12.2. The zero-order chi connectivity index (χ0) is 24.1. The van der Waals surface area contributed by atoms with Gasteiger partial charge in [0.05, 0.1) is 12.3 Å². The van der Waals surface area contributed by atoms with Gasteiger partial charge in [0.15, 0.2) is 0 Å². The van der Waals surface area contributed by atoms with Crippen molar-refractivity contribution in [1.82, 2.24) is 5.32 Å². The number of halogens is 1. The Morgan fingerprint density at radius 1 is 0.912 bits per heavy atom. The summed E-state index contributed by atoms with van der Waals surface area (Å²) in [4.78, 5) is 39.1. The number of imide groups is 2. The first kappa shape index (κ1) is 23.5. The van der Waals surface area contributed by atoms with Gasteiger partial charge < -0.3 is 9.47 Å². The molecule has 1 aliphatic rings. The number of carbonyl (C=O) groups excluding carboxylic acids is 3. The minimum atomic E-state index is -0.803. The first-order valence-corrected chi connectivity index (χ1v) is 11.6. The predicted molar refractivity (Wildman–Crippen MR) is 137 cm³/mol. The molecule has 4 amide bonds. The number of barbiturate groups is 1. The Morgan fingerprint density at radius 3 is 2.35 bits per heavy atom. The second kappa shape index (κ2) is 10.5. The molecule has 1 heterocycles. The molecule has 3 aromatic rings. The van der Waals surface area contributed by atoms with Gasteiger partial charge in [0.1, 0.15) is 23.7 Å². The van der Waals surface area contributed by atoms with Crippen LogP contribution in [0.25, 0.3) is 6.08 Å². The number of rotatable bonds is 7. The molecule has 0 radical (unpaired) electrons. The number of urea groups is 1. The fraction of sp³-hybridized carbons (Fsp3) is 0.115. The number of anilines is 1. The van der Waals surface area contributed by atoms with Gasteiger partial charge in [-0.3, -0.25) is 14.9 Å². The second-order valence-corrected chi connectivity index (χ2v) is 8.62. The van der Waals surface area contributed by atoms with Crippen LogP contribution in [0, 0.1) is 3.57 Å². The lowest BCUT2D eigenvalue weighted by Crippen LogP contribution is -2.54. The van der Waals surface area contributed by atoms with E-state index < -0.39 is 17.8 Å². The largest absolute Gasteiger partial charge is 0.494 e. The van der Waals surface area contributed by atoms with E-state index in [9.17, 15) is 14.4 Å². The maximum absolute atomic E-state index is 13.2. The van der Waals surface area contributed by atoms with Crippen molar-refractivity contribution < 1.29 is 23.9 Å². The lowest BCUT2D eigenvalue weighted by Gasteiger charge is -2.26. The van der Waals surface area contributed by atoms with Crippen LogP contribution in [0.5, 0.6) is 11.5 Å². The fourth-order valence-corrected chi connectivity index (χ4v) is 4.08. The highest BCUT2D eigenvalue weighted by molar-refractivity contribution is 14.1. The monoisotopic (exact) mass is 568 g/mol. The van der Waals surface area contributed by atoms with Crippen molar-refractivity contribution in [1.29, 1.82) is 0 Å². The Bertz CT molecular complexity index is 1260. The number of ether oxygens (including phenoxy) is 2. The van der Waals surface area contributed by atoms with Gasteiger partial charge in [-0.15, -0.1) is 0 Å². The van der Waals surface area contributed by atoms with Gasteiger partial charge in [0.25, 0.3) is 11.8 Å². The van der Waals surface area contributed by atoms with Crippen LogP contribution >= 0.6 is 22.6 Å². The topological polar surface area (TPSA) is 84.9 Å². The number of nitrogens with zero attached hydrogens (tertiary/aromatic N) is 1. The van der Waals surface area contributed by atoms with Crippen LogP contribution in [0.4, 0.5) is 10.5 Å². The summed E-state index contributed by atoms with van der Waals surface area (Å²) in [6.45, 7) is 2.75. The van der Waals surface area contributed by atoms with E-state index in [1.807, 2.05) is 49.4 Å². The lowest BCUT2D eigenvalue weighted by atomic mass is 10.1. The van der Waals surface area contributed by atoms with Crippen LogP contribution in [-0.2, 0) is 16.2 Å². The van der Waals surface area contributed by atoms with Crippen molar-refractivity contribution in [3.8, 4) is 11.5 Å². The van der Waals surface area contributed by atoms with E-state index in [0.717, 1.165) is 14.0 Å². The van der Waals surface area contributed by atoms with Crippen LogP contribution in [0.1, 0.15) is 18.1 Å². The maximum Gasteiger partial charge on any atom is 0.335 e. The van der Waals surface area contributed by atoms with Gasteiger partial charge in [-0.2, -0.15) is 0 Å². The minimum absolute atomic E-state index is 0.145. The molecule has 7 nitrogen and oxygen atoms in total. The van der Waals surface area contributed by atoms with Gasteiger partial charge in [-0.05, 0) is 89.2 Å². The van der Waals surface area contributed by atoms with E-state index in [4.69, 9.17) is 9.47 Å². The van der Waals surface area contributed by atoms with Gasteiger partial charge in [0.2, 0.25) is 0 Å². The molecule has 0 atom stereocenters. The normalized spacial score (nSPS) is 14.8. The van der Waals surface area contributed by atoms with Crippen LogP contribution in [0.2, 0.25) is 0 Å². The molecule has 0 saturated carbocycles.